The van der Waals surface area contributed by atoms with Gasteiger partial charge in [0.15, 0.2) is 8.32 Å². The molecule has 0 saturated carbocycles. The number of aromatic nitrogens is 4. The standard InChI is InChI=1S/C55H100N4O5SSi/c1-54(2,3)52(61)63-46-40-33-29-25-23-21-19-17-15-13-11-10-12-14-16-18-20-22-24-27-31-38-44-49(51(60)62-7)50(64-66(8,9)55(4,5)6)45-39-32-28-26-30-34-41-47-65-53-56-57-58-59(53)48-42-36-35-37-43-48/h35-37,42-43,49-50H,10-34,38-41,44-47H2,1-9H3/t49-,50-/m1/s1. The lowest BCUT2D eigenvalue weighted by Gasteiger charge is -2.41. The Bertz CT molecular complexity index is 1490. The number of hydrogen-bond donors (Lipinski definition) is 0. The molecule has 2 atom stereocenters. The second-order valence-corrected chi connectivity index (χ2v) is 27.6. The van der Waals surface area contributed by atoms with Gasteiger partial charge in [0.1, 0.15) is 0 Å². The van der Waals surface area contributed by atoms with Crippen molar-refractivity contribution in [2.45, 2.75) is 270 Å². The maximum atomic E-state index is 13.3. The van der Waals surface area contributed by atoms with Gasteiger partial charge in [0.25, 0.3) is 0 Å². The third-order valence-electron chi connectivity index (χ3n) is 13.8. The molecule has 1 heterocycles. The van der Waals surface area contributed by atoms with Crippen LogP contribution < -0.4 is 0 Å². The van der Waals surface area contributed by atoms with Crippen molar-refractivity contribution in [3.63, 3.8) is 0 Å². The lowest BCUT2D eigenvalue weighted by molar-refractivity contribution is -0.153. The summed E-state index contributed by atoms with van der Waals surface area (Å²) in [5.41, 5.74) is 0.601. The summed E-state index contributed by atoms with van der Waals surface area (Å²) in [4.78, 5) is 25.1. The molecule has 0 saturated heterocycles. The molecule has 0 fully saturated rings. The van der Waals surface area contributed by atoms with Crippen molar-refractivity contribution in [2.24, 2.45) is 11.3 Å². The van der Waals surface area contributed by atoms with E-state index >= 15 is 0 Å². The van der Waals surface area contributed by atoms with Crippen LogP contribution in [0.2, 0.25) is 18.1 Å². The quantitative estimate of drug-likeness (QED) is 0.0279. The number of thioether (sulfide) groups is 1. The van der Waals surface area contributed by atoms with E-state index in [1.54, 1.807) is 18.9 Å². The number of unbranched alkanes of at least 4 members (excludes halogenated alkanes) is 27. The van der Waals surface area contributed by atoms with E-state index in [2.05, 4.69) is 49.4 Å². The number of rotatable bonds is 41. The summed E-state index contributed by atoms with van der Waals surface area (Å²) in [5, 5.41) is 13.2. The molecule has 380 valence electrons. The van der Waals surface area contributed by atoms with Gasteiger partial charge < -0.3 is 13.9 Å². The first-order valence-corrected chi connectivity index (χ1v) is 31.0. The summed E-state index contributed by atoms with van der Waals surface area (Å²) in [6.45, 7) is 17.8. The summed E-state index contributed by atoms with van der Waals surface area (Å²) >= 11 is 1.73. The van der Waals surface area contributed by atoms with Gasteiger partial charge in [-0.1, -0.05) is 224 Å². The number of nitrogens with zero attached hydrogens (tertiary/aromatic N) is 4. The molecule has 11 heteroatoms. The van der Waals surface area contributed by atoms with Crippen molar-refractivity contribution in [3.8, 4) is 5.69 Å². The Balaban J connectivity index is 1.50. The number of tetrazole rings is 1. The molecule has 1 aromatic carbocycles. The number of hydrogen-bond acceptors (Lipinski definition) is 9. The number of esters is 2. The fourth-order valence-electron chi connectivity index (χ4n) is 8.38. The van der Waals surface area contributed by atoms with Crippen molar-refractivity contribution in [2.75, 3.05) is 19.5 Å². The van der Waals surface area contributed by atoms with Gasteiger partial charge in [0.05, 0.1) is 36.8 Å². The Morgan fingerprint density at radius 2 is 1.03 bits per heavy atom. The molecule has 0 N–H and O–H groups in total. The Kier molecular flexibility index (Phi) is 32.5. The van der Waals surface area contributed by atoms with Crippen LogP contribution in [0.15, 0.2) is 35.5 Å². The van der Waals surface area contributed by atoms with Gasteiger partial charge in [0, 0.05) is 5.75 Å². The van der Waals surface area contributed by atoms with E-state index in [9.17, 15) is 9.59 Å². The lowest BCUT2D eigenvalue weighted by Crippen LogP contribution is -2.47. The van der Waals surface area contributed by atoms with E-state index in [1.165, 1.54) is 161 Å². The molecule has 2 aromatic rings. The van der Waals surface area contributed by atoms with Crippen LogP contribution >= 0.6 is 11.8 Å². The van der Waals surface area contributed by atoms with Crippen molar-refractivity contribution in [3.05, 3.63) is 30.3 Å². The van der Waals surface area contributed by atoms with Crippen LogP contribution in [0.3, 0.4) is 0 Å². The summed E-state index contributed by atoms with van der Waals surface area (Å²) < 4.78 is 19.7. The molecular weight excluding hydrogens is 857 g/mol. The van der Waals surface area contributed by atoms with Gasteiger partial charge in [-0.25, -0.2) is 0 Å². The zero-order valence-corrected chi connectivity index (χ0v) is 45.9. The van der Waals surface area contributed by atoms with Crippen LogP contribution in [-0.2, 0) is 23.5 Å². The molecular formula is C55H100N4O5SSi. The fourth-order valence-corrected chi connectivity index (χ4v) is 10.7. The van der Waals surface area contributed by atoms with Crippen molar-refractivity contribution >= 4 is 32.0 Å². The molecule has 0 amide bonds. The predicted octanol–water partition coefficient (Wildman–Crippen LogP) is 16.6. The molecule has 66 heavy (non-hydrogen) atoms. The van der Waals surface area contributed by atoms with E-state index in [0.29, 0.717) is 6.61 Å². The molecule has 0 spiro atoms. The average Bonchev–Trinajstić information content (AvgIpc) is 3.75. The van der Waals surface area contributed by atoms with E-state index in [1.807, 2.05) is 55.8 Å². The highest BCUT2D eigenvalue weighted by molar-refractivity contribution is 7.99. The largest absolute Gasteiger partial charge is 0.469 e. The van der Waals surface area contributed by atoms with Crippen LogP contribution in [0, 0.1) is 11.3 Å². The van der Waals surface area contributed by atoms with Crippen molar-refractivity contribution in [1.29, 1.82) is 0 Å². The molecule has 0 radical (unpaired) electrons. The molecule has 0 aliphatic rings. The summed E-state index contributed by atoms with van der Waals surface area (Å²) in [5.74, 6) is 0.667. The van der Waals surface area contributed by atoms with Gasteiger partial charge in [0.2, 0.25) is 5.16 Å². The SMILES string of the molecule is COC(=O)[C@H](CCCCCCCCCCCCCCCCCCCCCCCCOC(=O)C(C)(C)C)[C@@H](CCCCCCCCCSc1nnnn1-c1ccccc1)O[Si](C)(C)C(C)(C)C. The Morgan fingerprint density at radius 3 is 1.47 bits per heavy atom. The minimum atomic E-state index is -2.06. The molecule has 0 bridgehead atoms. The molecule has 9 nitrogen and oxygen atoms in total. The monoisotopic (exact) mass is 957 g/mol. The highest BCUT2D eigenvalue weighted by Crippen LogP contribution is 2.39. The van der Waals surface area contributed by atoms with Crippen molar-refractivity contribution in [1.82, 2.24) is 20.2 Å². The highest BCUT2D eigenvalue weighted by Gasteiger charge is 2.42. The summed E-state index contributed by atoms with van der Waals surface area (Å²) in [7, 11) is -0.512. The Labute approximate surface area is 410 Å². The van der Waals surface area contributed by atoms with Crippen LogP contribution in [0.5, 0.6) is 0 Å². The average molecular weight is 958 g/mol. The maximum Gasteiger partial charge on any atom is 0.311 e. The van der Waals surface area contributed by atoms with Crippen LogP contribution in [0.25, 0.3) is 5.69 Å². The number of methoxy groups -OCH3 is 1. The van der Waals surface area contributed by atoms with E-state index in [4.69, 9.17) is 13.9 Å². The Hall–Kier alpha value is -2.24. The number of ether oxygens (including phenoxy) is 2. The molecule has 2 rings (SSSR count). The second kappa shape index (κ2) is 35.8. The first kappa shape index (κ1) is 59.9. The number of carbonyl (C=O) groups excluding carboxylic acids is 2. The third-order valence-corrected chi connectivity index (χ3v) is 19.3. The van der Waals surface area contributed by atoms with Crippen LogP contribution in [0.1, 0.15) is 241 Å². The molecule has 1 aromatic heterocycles. The van der Waals surface area contributed by atoms with Crippen molar-refractivity contribution < 1.29 is 23.5 Å². The van der Waals surface area contributed by atoms with E-state index < -0.39 is 13.7 Å². The minimum absolute atomic E-state index is 0.0646. The number of carbonyl (C=O) groups is 2. The lowest BCUT2D eigenvalue weighted by atomic mass is 9.91. The van der Waals surface area contributed by atoms with Gasteiger partial charge >= 0.3 is 11.9 Å². The maximum absolute atomic E-state index is 13.3. The minimum Gasteiger partial charge on any atom is -0.469 e. The number of benzene rings is 1. The topological polar surface area (TPSA) is 105 Å². The van der Waals surface area contributed by atoms with Gasteiger partial charge in [-0.3, -0.25) is 9.59 Å². The first-order valence-electron chi connectivity index (χ1n) is 27.1. The molecule has 0 aliphatic carbocycles. The zero-order chi connectivity index (χ0) is 48.4. The summed E-state index contributed by atoms with van der Waals surface area (Å²) in [6, 6.07) is 10.1. The highest BCUT2D eigenvalue weighted by atomic mass is 32.2. The number of para-hydroxylation sites is 1. The molecule has 0 unspecified atom stereocenters. The predicted molar refractivity (Wildman–Crippen MR) is 281 cm³/mol. The molecule has 0 aliphatic heterocycles. The van der Waals surface area contributed by atoms with Crippen LogP contribution in [0.4, 0.5) is 0 Å². The van der Waals surface area contributed by atoms with Gasteiger partial charge in [-0.2, -0.15) is 4.68 Å². The first-order chi connectivity index (χ1) is 31.7. The third kappa shape index (κ3) is 27.7. The van der Waals surface area contributed by atoms with Gasteiger partial charge in [-0.15, -0.1) is 5.10 Å². The van der Waals surface area contributed by atoms with Crippen LogP contribution in [-0.4, -0.2) is 66.0 Å². The fraction of sp³-hybridized carbons (Fsp3) is 0.836. The second-order valence-electron chi connectivity index (χ2n) is 21.8. The zero-order valence-electron chi connectivity index (χ0n) is 44.1. The normalized spacial score (nSPS) is 13.2. The Morgan fingerprint density at radius 1 is 0.606 bits per heavy atom. The van der Waals surface area contributed by atoms with E-state index in [0.717, 1.165) is 55.1 Å². The summed E-state index contributed by atoms with van der Waals surface area (Å²) in [6.07, 6.45) is 39.0. The van der Waals surface area contributed by atoms with E-state index in [-0.39, 0.29) is 29.0 Å². The smallest absolute Gasteiger partial charge is 0.311 e. The van der Waals surface area contributed by atoms with Gasteiger partial charge in [-0.05, 0) is 87.1 Å².